The number of rotatable bonds is 5. The zero-order valence-electron chi connectivity index (χ0n) is 14.9. The van der Waals surface area contributed by atoms with Crippen LogP contribution in [0.15, 0.2) is 30.3 Å². The number of nitrogens with zero attached hydrogens (tertiary/aromatic N) is 2. The van der Waals surface area contributed by atoms with Gasteiger partial charge in [-0.05, 0) is 19.0 Å². The molecular weight excluding hydrogens is 405 g/mol. The van der Waals surface area contributed by atoms with Gasteiger partial charge in [0.1, 0.15) is 0 Å². The molecule has 0 saturated carbocycles. The van der Waals surface area contributed by atoms with Crippen molar-refractivity contribution < 1.29 is 31.5 Å². The van der Waals surface area contributed by atoms with Crippen molar-refractivity contribution in [1.82, 2.24) is 9.21 Å². The van der Waals surface area contributed by atoms with E-state index in [4.69, 9.17) is 9.90 Å². The number of halogens is 3. The normalized spacial score (nSPS) is 21.0. The summed E-state index contributed by atoms with van der Waals surface area (Å²) in [4.78, 5) is 11.1. The fourth-order valence-corrected chi connectivity index (χ4v) is 4.43. The topological polar surface area (TPSA) is 77.9 Å². The molecule has 0 radical (unpaired) electrons. The van der Waals surface area contributed by atoms with Gasteiger partial charge in [0.25, 0.3) is 0 Å². The van der Waals surface area contributed by atoms with E-state index in [2.05, 4.69) is 29.7 Å². The lowest BCUT2D eigenvalue weighted by Crippen LogP contribution is -2.41. The third-order valence-corrected chi connectivity index (χ3v) is 5.50. The maximum absolute atomic E-state index is 11.8. The number of sulfonamides is 1. The molecule has 1 aromatic rings. The lowest BCUT2D eigenvalue weighted by Gasteiger charge is -2.26. The van der Waals surface area contributed by atoms with E-state index in [-0.39, 0.29) is 11.3 Å². The number of carboxylic acids is 1. The molecule has 27 heavy (non-hydrogen) atoms. The van der Waals surface area contributed by atoms with E-state index in [1.165, 1.54) is 11.8 Å². The molecule has 0 spiro atoms. The molecule has 2 rings (SSSR count). The van der Waals surface area contributed by atoms with Crippen LogP contribution < -0.4 is 0 Å². The molecule has 1 aliphatic heterocycles. The Balaban J connectivity index is 0.000000445. The molecule has 0 bridgehead atoms. The monoisotopic (exact) mass is 428 g/mol. The first kappa shape index (κ1) is 23.7. The van der Waals surface area contributed by atoms with Crippen LogP contribution in [-0.4, -0.2) is 72.6 Å². The highest BCUT2D eigenvalue weighted by molar-refractivity contribution is 7.88. The number of carbonyl (C=O) groups is 1. The predicted molar refractivity (Wildman–Crippen MR) is 99.2 cm³/mol. The van der Waals surface area contributed by atoms with E-state index in [0.717, 1.165) is 19.5 Å². The third kappa shape index (κ3) is 8.50. The molecule has 0 aliphatic carbocycles. The standard InChI is InChI=1S/C14H22N2O2S2.C2HF3O2/c1-15(9-12-6-4-3-5-7-12)10-13-8-14(19)11-16(13)20(2,17)18;3-2(4,5)1(6)7/h3-7,13-14,19H,8-11H2,1-2H3;(H,6,7)/t13-,14+;/m0./s1. The molecule has 1 fully saturated rings. The molecule has 1 saturated heterocycles. The first-order chi connectivity index (χ1) is 12.3. The molecule has 154 valence electrons. The second kappa shape index (κ2) is 9.76. The zero-order valence-corrected chi connectivity index (χ0v) is 16.6. The average molecular weight is 428 g/mol. The molecule has 0 unspecified atom stereocenters. The number of thiol groups is 1. The van der Waals surface area contributed by atoms with Crippen LogP contribution >= 0.6 is 12.6 Å². The van der Waals surface area contributed by atoms with Crippen molar-refractivity contribution in [3.63, 3.8) is 0 Å². The summed E-state index contributed by atoms with van der Waals surface area (Å²) in [6.07, 6.45) is -2.99. The maximum atomic E-state index is 11.8. The minimum Gasteiger partial charge on any atom is -0.475 e. The number of hydrogen-bond donors (Lipinski definition) is 2. The van der Waals surface area contributed by atoms with Crippen molar-refractivity contribution in [1.29, 1.82) is 0 Å². The Labute approximate surface area is 162 Å². The van der Waals surface area contributed by atoms with Crippen LogP contribution in [-0.2, 0) is 21.4 Å². The van der Waals surface area contributed by atoms with E-state index in [1.54, 1.807) is 4.31 Å². The second-order valence-corrected chi connectivity index (χ2v) is 9.03. The SMILES string of the molecule is CN(Cc1ccccc1)C[C@@H]1C[C@@H](S)CN1S(C)(=O)=O.O=C(O)C(F)(F)F. The Morgan fingerprint density at radius 3 is 2.30 bits per heavy atom. The van der Waals surface area contributed by atoms with Gasteiger partial charge in [-0.3, -0.25) is 0 Å². The molecule has 1 aliphatic rings. The van der Waals surface area contributed by atoms with E-state index in [9.17, 15) is 21.6 Å². The summed E-state index contributed by atoms with van der Waals surface area (Å²) in [7, 11) is -1.12. The Bertz CT molecular complexity index is 714. The van der Waals surface area contributed by atoms with Crippen LogP contribution in [0.25, 0.3) is 0 Å². The van der Waals surface area contributed by atoms with Crippen molar-refractivity contribution in [3.05, 3.63) is 35.9 Å². The largest absolute Gasteiger partial charge is 0.490 e. The highest BCUT2D eigenvalue weighted by Crippen LogP contribution is 2.25. The highest BCUT2D eigenvalue weighted by Gasteiger charge is 2.38. The van der Waals surface area contributed by atoms with Gasteiger partial charge in [-0.15, -0.1) is 0 Å². The fraction of sp³-hybridized carbons (Fsp3) is 0.562. The summed E-state index contributed by atoms with van der Waals surface area (Å²) in [5.74, 6) is -2.76. The summed E-state index contributed by atoms with van der Waals surface area (Å²) < 4.78 is 56.9. The van der Waals surface area contributed by atoms with Crippen molar-refractivity contribution in [2.24, 2.45) is 0 Å². The molecule has 2 atom stereocenters. The summed E-state index contributed by atoms with van der Waals surface area (Å²) in [5, 5.41) is 7.26. The molecule has 11 heteroatoms. The van der Waals surface area contributed by atoms with Gasteiger partial charge in [0.2, 0.25) is 10.0 Å². The first-order valence-corrected chi connectivity index (χ1v) is 10.3. The maximum Gasteiger partial charge on any atom is 0.490 e. The van der Waals surface area contributed by atoms with E-state index < -0.39 is 22.2 Å². The van der Waals surface area contributed by atoms with Crippen molar-refractivity contribution >= 4 is 28.6 Å². The van der Waals surface area contributed by atoms with Crippen molar-refractivity contribution in [3.8, 4) is 0 Å². The van der Waals surface area contributed by atoms with Gasteiger partial charge in [-0.25, -0.2) is 13.2 Å². The summed E-state index contributed by atoms with van der Waals surface area (Å²) in [6, 6.07) is 10.2. The fourth-order valence-electron chi connectivity index (χ4n) is 2.75. The van der Waals surface area contributed by atoms with Gasteiger partial charge in [0.15, 0.2) is 0 Å². The van der Waals surface area contributed by atoms with Gasteiger partial charge in [-0.2, -0.15) is 30.1 Å². The van der Waals surface area contributed by atoms with Crippen LogP contribution in [0.3, 0.4) is 0 Å². The van der Waals surface area contributed by atoms with Gasteiger partial charge < -0.3 is 10.0 Å². The van der Waals surface area contributed by atoms with Crippen molar-refractivity contribution in [2.45, 2.75) is 30.4 Å². The van der Waals surface area contributed by atoms with Crippen molar-refractivity contribution in [2.75, 3.05) is 26.4 Å². The Morgan fingerprint density at radius 2 is 1.85 bits per heavy atom. The number of aliphatic carboxylic acids is 1. The lowest BCUT2D eigenvalue weighted by molar-refractivity contribution is -0.192. The summed E-state index contributed by atoms with van der Waals surface area (Å²) in [6.45, 7) is 2.08. The van der Waals surface area contributed by atoms with Crippen LogP contribution in [0.1, 0.15) is 12.0 Å². The quantitative estimate of drug-likeness (QED) is 0.703. The minimum atomic E-state index is -5.08. The molecule has 1 N–H and O–H groups in total. The van der Waals surface area contributed by atoms with Gasteiger partial charge in [0, 0.05) is 30.9 Å². The van der Waals surface area contributed by atoms with Crippen LogP contribution in [0.5, 0.6) is 0 Å². The molecule has 1 heterocycles. The minimum absolute atomic E-state index is 0.0289. The Kier molecular flexibility index (Phi) is 8.58. The molecule has 0 aromatic heterocycles. The zero-order chi connectivity index (χ0) is 20.8. The van der Waals surface area contributed by atoms with E-state index in [0.29, 0.717) is 6.54 Å². The van der Waals surface area contributed by atoms with E-state index in [1.807, 2.05) is 25.2 Å². The molecule has 1 aromatic carbocycles. The highest BCUT2D eigenvalue weighted by atomic mass is 32.2. The molecular formula is C16H23F3N2O4S2. The first-order valence-electron chi connectivity index (χ1n) is 7.98. The molecule has 0 amide bonds. The van der Waals surface area contributed by atoms with Crippen LogP contribution in [0.4, 0.5) is 13.2 Å². The second-order valence-electron chi connectivity index (χ2n) is 6.36. The van der Waals surface area contributed by atoms with Gasteiger partial charge >= 0.3 is 12.1 Å². The van der Waals surface area contributed by atoms with Crippen LogP contribution in [0, 0.1) is 0 Å². The number of likely N-dealkylation sites (N-methyl/N-ethyl adjacent to an activating group) is 1. The predicted octanol–water partition coefficient (Wildman–Crippen LogP) is 2.08. The van der Waals surface area contributed by atoms with Gasteiger partial charge in [-0.1, -0.05) is 30.3 Å². The summed E-state index contributed by atoms with van der Waals surface area (Å²) in [5.41, 5.74) is 1.24. The van der Waals surface area contributed by atoms with Crippen LogP contribution in [0.2, 0.25) is 0 Å². The smallest absolute Gasteiger partial charge is 0.475 e. The average Bonchev–Trinajstić information content (AvgIpc) is 2.88. The Hall–Kier alpha value is -1.30. The number of hydrogen-bond acceptors (Lipinski definition) is 5. The number of benzene rings is 1. The Morgan fingerprint density at radius 1 is 1.33 bits per heavy atom. The number of carboxylic acid groups (broad SMARTS) is 1. The van der Waals surface area contributed by atoms with Gasteiger partial charge in [0.05, 0.1) is 6.26 Å². The number of alkyl halides is 3. The lowest BCUT2D eigenvalue weighted by atomic mass is 10.2. The van der Waals surface area contributed by atoms with E-state index >= 15 is 0 Å². The third-order valence-electron chi connectivity index (χ3n) is 3.83. The molecule has 6 nitrogen and oxygen atoms in total. The summed E-state index contributed by atoms with van der Waals surface area (Å²) >= 11 is 4.44.